The van der Waals surface area contributed by atoms with E-state index in [4.69, 9.17) is 9.47 Å². The standard InChI is InChI=1S/C20H21N5O5S/c1-10-16-19(30-3)23-15(9-29-2)24-20(16)31-17(10)18(26)22-12-4-5-14-11(6-12)7-13(8-21-14)25(27)28/h7-8,12H,4-6,9H2,1-3H3,(H,22,26). The van der Waals surface area contributed by atoms with Crippen molar-refractivity contribution in [2.75, 3.05) is 14.2 Å². The topological polar surface area (TPSA) is 129 Å². The molecule has 10 nitrogen and oxygen atoms in total. The molecule has 0 saturated heterocycles. The molecule has 0 bridgehead atoms. The fraction of sp³-hybridized carbons (Fsp3) is 0.400. The van der Waals surface area contributed by atoms with Crippen LogP contribution in [0, 0.1) is 17.0 Å². The first-order valence-electron chi connectivity index (χ1n) is 9.67. The van der Waals surface area contributed by atoms with Crippen LogP contribution in [-0.2, 0) is 24.2 Å². The van der Waals surface area contributed by atoms with Crippen LogP contribution in [0.15, 0.2) is 12.3 Å². The third-order valence-corrected chi connectivity index (χ3v) is 6.45. The first-order valence-corrected chi connectivity index (χ1v) is 10.5. The molecule has 0 spiro atoms. The van der Waals surface area contributed by atoms with E-state index in [2.05, 4.69) is 20.3 Å². The van der Waals surface area contributed by atoms with Crippen molar-refractivity contribution in [3.05, 3.63) is 49.9 Å². The van der Waals surface area contributed by atoms with E-state index in [1.54, 1.807) is 13.2 Å². The van der Waals surface area contributed by atoms with E-state index in [1.807, 2.05) is 6.92 Å². The summed E-state index contributed by atoms with van der Waals surface area (Å²) in [6.07, 6.45) is 3.16. The van der Waals surface area contributed by atoms with Crippen LogP contribution < -0.4 is 10.1 Å². The molecule has 1 aliphatic carbocycles. The molecule has 0 aliphatic heterocycles. The maximum atomic E-state index is 13.1. The summed E-state index contributed by atoms with van der Waals surface area (Å²) in [5, 5.41) is 14.8. The van der Waals surface area contributed by atoms with E-state index in [0.717, 1.165) is 16.8 Å². The van der Waals surface area contributed by atoms with E-state index in [-0.39, 0.29) is 24.2 Å². The van der Waals surface area contributed by atoms with Crippen LogP contribution >= 0.6 is 11.3 Å². The molecular formula is C20H21N5O5S. The number of aromatic nitrogens is 3. The number of hydrogen-bond donors (Lipinski definition) is 1. The van der Waals surface area contributed by atoms with Crippen molar-refractivity contribution in [1.29, 1.82) is 0 Å². The normalized spacial score (nSPS) is 15.5. The van der Waals surface area contributed by atoms with Crippen LogP contribution in [0.5, 0.6) is 5.88 Å². The maximum Gasteiger partial charge on any atom is 0.287 e. The van der Waals surface area contributed by atoms with Gasteiger partial charge in [-0.25, -0.2) is 4.98 Å². The lowest BCUT2D eigenvalue weighted by atomic mass is 9.91. The lowest BCUT2D eigenvalue weighted by Crippen LogP contribution is -2.39. The van der Waals surface area contributed by atoms with Crippen LogP contribution in [0.4, 0.5) is 5.69 Å². The number of pyridine rings is 1. The number of methoxy groups -OCH3 is 2. The molecule has 162 valence electrons. The zero-order valence-corrected chi connectivity index (χ0v) is 18.1. The Kier molecular flexibility index (Phi) is 5.79. The van der Waals surface area contributed by atoms with E-state index in [0.29, 0.717) is 46.1 Å². The van der Waals surface area contributed by atoms with E-state index < -0.39 is 4.92 Å². The monoisotopic (exact) mass is 443 g/mol. The maximum absolute atomic E-state index is 13.1. The summed E-state index contributed by atoms with van der Waals surface area (Å²) < 4.78 is 10.5. The second kappa shape index (κ2) is 8.52. The number of nitrogens with one attached hydrogen (secondary N) is 1. The summed E-state index contributed by atoms with van der Waals surface area (Å²) in [5.41, 5.74) is 2.37. The van der Waals surface area contributed by atoms with E-state index in [9.17, 15) is 14.9 Å². The van der Waals surface area contributed by atoms with Gasteiger partial charge < -0.3 is 14.8 Å². The molecule has 0 radical (unpaired) electrons. The van der Waals surface area contributed by atoms with Crippen LogP contribution in [0.1, 0.15) is 38.7 Å². The predicted octanol–water partition coefficient (Wildman–Crippen LogP) is 2.75. The molecule has 4 rings (SSSR count). The van der Waals surface area contributed by atoms with E-state index >= 15 is 0 Å². The molecule has 31 heavy (non-hydrogen) atoms. The Morgan fingerprint density at radius 3 is 2.90 bits per heavy atom. The van der Waals surface area contributed by atoms with Crippen LogP contribution in [0.3, 0.4) is 0 Å². The molecule has 1 atom stereocenters. The Morgan fingerprint density at radius 2 is 2.19 bits per heavy atom. The number of fused-ring (bicyclic) bond motifs is 2. The third-order valence-electron chi connectivity index (χ3n) is 5.26. The van der Waals surface area contributed by atoms with Crippen molar-refractivity contribution in [1.82, 2.24) is 20.3 Å². The van der Waals surface area contributed by atoms with Crippen LogP contribution in [0.25, 0.3) is 10.2 Å². The van der Waals surface area contributed by atoms with Gasteiger partial charge in [0.1, 0.15) is 17.6 Å². The van der Waals surface area contributed by atoms with Gasteiger partial charge in [-0.15, -0.1) is 11.3 Å². The van der Waals surface area contributed by atoms with Crippen molar-refractivity contribution in [3.8, 4) is 5.88 Å². The highest BCUT2D eigenvalue weighted by molar-refractivity contribution is 7.20. The van der Waals surface area contributed by atoms with Crippen LogP contribution in [0.2, 0.25) is 0 Å². The van der Waals surface area contributed by atoms with Gasteiger partial charge in [0.05, 0.1) is 22.3 Å². The van der Waals surface area contributed by atoms with Gasteiger partial charge in [-0.3, -0.25) is 19.9 Å². The Labute approximate surface area is 181 Å². The molecule has 1 amide bonds. The first-order chi connectivity index (χ1) is 14.9. The van der Waals surface area contributed by atoms with Gasteiger partial charge in [0.25, 0.3) is 11.6 Å². The van der Waals surface area contributed by atoms with Gasteiger partial charge in [0, 0.05) is 24.9 Å². The molecule has 0 fully saturated rings. The van der Waals surface area contributed by atoms with Gasteiger partial charge in [-0.05, 0) is 37.3 Å². The lowest BCUT2D eigenvalue weighted by molar-refractivity contribution is -0.385. The van der Waals surface area contributed by atoms with Crippen molar-refractivity contribution in [2.24, 2.45) is 0 Å². The molecule has 1 unspecified atom stereocenters. The molecule has 1 N–H and O–H groups in total. The largest absolute Gasteiger partial charge is 0.480 e. The fourth-order valence-electron chi connectivity index (χ4n) is 3.78. The summed E-state index contributed by atoms with van der Waals surface area (Å²) >= 11 is 1.28. The van der Waals surface area contributed by atoms with Gasteiger partial charge in [0.15, 0.2) is 5.82 Å². The minimum atomic E-state index is -0.456. The number of hydrogen-bond acceptors (Lipinski definition) is 9. The van der Waals surface area contributed by atoms with Crippen molar-refractivity contribution >= 4 is 33.1 Å². The molecule has 3 aromatic rings. The number of carbonyl (C=O) groups is 1. The molecule has 0 aromatic carbocycles. The van der Waals surface area contributed by atoms with Crippen molar-refractivity contribution < 1.29 is 19.2 Å². The highest BCUT2D eigenvalue weighted by Crippen LogP contribution is 2.35. The molecule has 1 aliphatic rings. The van der Waals surface area contributed by atoms with Gasteiger partial charge >= 0.3 is 0 Å². The highest BCUT2D eigenvalue weighted by Gasteiger charge is 2.26. The average molecular weight is 443 g/mol. The van der Waals surface area contributed by atoms with Crippen molar-refractivity contribution in [3.63, 3.8) is 0 Å². The van der Waals surface area contributed by atoms with Crippen molar-refractivity contribution in [2.45, 2.75) is 38.8 Å². The summed E-state index contributed by atoms with van der Waals surface area (Å²) in [5.74, 6) is 0.690. The molecule has 3 aromatic heterocycles. The predicted molar refractivity (Wildman–Crippen MR) is 114 cm³/mol. The molecule has 0 saturated carbocycles. The fourth-order valence-corrected chi connectivity index (χ4v) is 4.88. The second-order valence-corrected chi connectivity index (χ2v) is 8.29. The highest BCUT2D eigenvalue weighted by atomic mass is 32.1. The van der Waals surface area contributed by atoms with E-state index in [1.165, 1.54) is 24.6 Å². The summed E-state index contributed by atoms with van der Waals surface area (Å²) in [7, 11) is 3.09. The molecule has 11 heteroatoms. The Hall–Kier alpha value is -3.18. The number of nitro groups is 1. The number of ether oxygens (including phenoxy) is 2. The quantitative estimate of drug-likeness (QED) is 0.455. The third kappa shape index (κ3) is 4.06. The number of carbonyl (C=O) groups excluding carboxylic acids is 1. The number of aryl methyl sites for hydroxylation is 2. The number of nitrogens with zero attached hydrogens (tertiary/aromatic N) is 4. The van der Waals surface area contributed by atoms with Gasteiger partial charge in [-0.2, -0.15) is 4.98 Å². The summed E-state index contributed by atoms with van der Waals surface area (Å²) in [6, 6.07) is 1.41. The zero-order valence-electron chi connectivity index (χ0n) is 17.3. The second-order valence-electron chi connectivity index (χ2n) is 7.29. The minimum absolute atomic E-state index is 0.0383. The van der Waals surface area contributed by atoms with Crippen LogP contribution in [-0.4, -0.2) is 46.0 Å². The molecule has 3 heterocycles. The Bertz CT molecular complexity index is 1180. The number of thiophene rings is 1. The minimum Gasteiger partial charge on any atom is -0.480 e. The zero-order chi connectivity index (χ0) is 22.1. The smallest absolute Gasteiger partial charge is 0.287 e. The van der Waals surface area contributed by atoms with Gasteiger partial charge in [-0.1, -0.05) is 0 Å². The first kappa shape index (κ1) is 21.1. The Morgan fingerprint density at radius 1 is 1.39 bits per heavy atom. The number of amides is 1. The number of rotatable bonds is 6. The van der Waals surface area contributed by atoms with Gasteiger partial charge in [0.2, 0.25) is 5.88 Å². The average Bonchev–Trinajstić information content (AvgIpc) is 3.09. The lowest BCUT2D eigenvalue weighted by Gasteiger charge is -2.24. The SMILES string of the molecule is COCc1nc(OC)c2c(C)c(C(=O)NC3CCc4ncc([N+](=O)[O-])cc4C3)sc2n1. The summed E-state index contributed by atoms with van der Waals surface area (Å²) in [6.45, 7) is 2.09. The summed E-state index contributed by atoms with van der Waals surface area (Å²) in [4.78, 5) is 37.9. The Balaban J connectivity index is 1.58. The molecular weight excluding hydrogens is 422 g/mol.